The molecule has 2 aromatic carbocycles. The summed E-state index contributed by atoms with van der Waals surface area (Å²) in [6.45, 7) is 2.83. The summed E-state index contributed by atoms with van der Waals surface area (Å²) in [7, 11) is 0. The zero-order valence-electron chi connectivity index (χ0n) is 26.8. The van der Waals surface area contributed by atoms with Crippen molar-refractivity contribution in [3.8, 4) is 0 Å². The lowest BCUT2D eigenvalue weighted by atomic mass is 9.99. The SMILES string of the molecule is CCCCCCCCCCCCC[C@@H](CC(N)=O)N(Cc1ccccc1)C(=O)[C@@H](N)CCCC(=O)OCc1ccccc1.Cl. The minimum atomic E-state index is -0.779. The summed E-state index contributed by atoms with van der Waals surface area (Å²) in [6, 6.07) is 18.2. The van der Waals surface area contributed by atoms with E-state index in [1.54, 1.807) is 4.90 Å². The van der Waals surface area contributed by atoms with Gasteiger partial charge in [-0.1, -0.05) is 138 Å². The first kappa shape index (κ1) is 39.1. The van der Waals surface area contributed by atoms with Crippen LogP contribution in [0.4, 0.5) is 0 Å². The van der Waals surface area contributed by atoms with Crippen molar-refractivity contribution in [3.63, 3.8) is 0 Å². The first-order valence-electron chi connectivity index (χ1n) is 16.5. The number of nitrogens with zero attached hydrogens (tertiary/aromatic N) is 1. The van der Waals surface area contributed by atoms with Crippen LogP contribution >= 0.6 is 12.4 Å². The van der Waals surface area contributed by atoms with Gasteiger partial charge >= 0.3 is 5.97 Å². The van der Waals surface area contributed by atoms with Crippen molar-refractivity contribution in [2.24, 2.45) is 11.5 Å². The minimum absolute atomic E-state index is 0. The van der Waals surface area contributed by atoms with Crippen molar-refractivity contribution in [1.82, 2.24) is 4.90 Å². The number of amides is 2. The molecule has 0 aliphatic carbocycles. The number of hydrogen-bond acceptors (Lipinski definition) is 5. The molecule has 2 atom stereocenters. The third kappa shape index (κ3) is 17.4. The van der Waals surface area contributed by atoms with Gasteiger partial charge in [-0.15, -0.1) is 12.4 Å². The molecule has 7 nitrogen and oxygen atoms in total. The Hall–Kier alpha value is -2.90. The lowest BCUT2D eigenvalue weighted by molar-refractivity contribution is -0.145. The molecular formula is C36H56ClN3O4. The number of unbranched alkanes of at least 4 members (excludes halogenated alkanes) is 10. The molecule has 0 bridgehead atoms. The van der Waals surface area contributed by atoms with Gasteiger partial charge in [0.15, 0.2) is 0 Å². The average molecular weight is 630 g/mol. The first-order chi connectivity index (χ1) is 20.9. The maximum absolute atomic E-state index is 13.7. The number of benzene rings is 2. The van der Waals surface area contributed by atoms with Crippen molar-refractivity contribution in [3.05, 3.63) is 71.8 Å². The van der Waals surface area contributed by atoms with E-state index in [1.165, 1.54) is 51.4 Å². The molecule has 0 radical (unpaired) electrons. The van der Waals surface area contributed by atoms with E-state index in [1.807, 2.05) is 60.7 Å². The number of carbonyl (C=O) groups excluding carboxylic acids is 3. The van der Waals surface area contributed by atoms with Crippen LogP contribution in [0.5, 0.6) is 0 Å². The van der Waals surface area contributed by atoms with Crippen LogP contribution in [0.3, 0.4) is 0 Å². The van der Waals surface area contributed by atoms with Gasteiger partial charge in [0.05, 0.1) is 6.04 Å². The molecule has 2 amide bonds. The lowest BCUT2D eigenvalue weighted by Crippen LogP contribution is -2.49. The molecule has 0 saturated carbocycles. The second kappa shape index (κ2) is 24.4. The maximum atomic E-state index is 13.7. The van der Waals surface area contributed by atoms with Crippen LogP contribution in [0.25, 0.3) is 0 Å². The number of nitrogens with two attached hydrogens (primary N) is 2. The molecule has 0 aromatic heterocycles. The summed E-state index contributed by atoms with van der Waals surface area (Å²) in [4.78, 5) is 39.8. The van der Waals surface area contributed by atoms with Crippen LogP contribution in [0.1, 0.15) is 121 Å². The monoisotopic (exact) mass is 629 g/mol. The highest BCUT2D eigenvalue weighted by atomic mass is 35.5. The molecule has 0 aliphatic heterocycles. The standard InChI is InChI=1S/C36H55N3O4.ClH/c1-2-3-4-5-6-7-8-9-10-11-18-24-32(27-34(38)40)39(28-30-20-14-12-15-21-30)36(42)33(37)25-19-26-35(41)43-29-31-22-16-13-17-23-31;/h12-17,20-23,32-33H,2-11,18-19,24-29,37H2,1H3,(H2,38,40);1H/t32-,33-;/m0./s1. The number of esters is 1. The quantitative estimate of drug-likeness (QED) is 0.0915. The summed E-state index contributed by atoms with van der Waals surface area (Å²) in [5.41, 5.74) is 13.9. The molecule has 4 N–H and O–H groups in total. The van der Waals surface area contributed by atoms with E-state index in [9.17, 15) is 14.4 Å². The summed E-state index contributed by atoms with van der Waals surface area (Å²) < 4.78 is 5.36. The van der Waals surface area contributed by atoms with Gasteiger partial charge in [-0.2, -0.15) is 0 Å². The molecular weight excluding hydrogens is 574 g/mol. The molecule has 8 heteroatoms. The van der Waals surface area contributed by atoms with Gasteiger partial charge in [0.2, 0.25) is 11.8 Å². The largest absolute Gasteiger partial charge is 0.461 e. The number of hydrogen-bond donors (Lipinski definition) is 2. The smallest absolute Gasteiger partial charge is 0.306 e. The van der Waals surface area contributed by atoms with E-state index in [4.69, 9.17) is 16.2 Å². The number of carbonyl (C=O) groups is 3. The third-order valence-electron chi connectivity index (χ3n) is 7.95. The Morgan fingerprint density at radius 2 is 1.25 bits per heavy atom. The molecule has 0 unspecified atom stereocenters. The second-order valence-electron chi connectivity index (χ2n) is 11.7. The van der Waals surface area contributed by atoms with Crippen molar-refractivity contribution in [1.29, 1.82) is 0 Å². The molecule has 0 fully saturated rings. The fourth-order valence-electron chi connectivity index (χ4n) is 5.42. The average Bonchev–Trinajstić information content (AvgIpc) is 3.01. The highest BCUT2D eigenvalue weighted by molar-refractivity contribution is 5.85. The predicted octanol–water partition coefficient (Wildman–Crippen LogP) is 7.62. The van der Waals surface area contributed by atoms with Crippen molar-refractivity contribution in [2.75, 3.05) is 0 Å². The highest BCUT2D eigenvalue weighted by Crippen LogP contribution is 2.20. The second-order valence-corrected chi connectivity index (χ2v) is 11.7. The third-order valence-corrected chi connectivity index (χ3v) is 7.95. The van der Waals surface area contributed by atoms with E-state index in [0.29, 0.717) is 25.8 Å². The number of halogens is 1. The number of ether oxygens (including phenoxy) is 1. The first-order valence-corrected chi connectivity index (χ1v) is 16.5. The van der Waals surface area contributed by atoms with E-state index in [-0.39, 0.29) is 49.8 Å². The Bertz CT molecular complexity index is 1040. The molecule has 2 aromatic rings. The predicted molar refractivity (Wildman–Crippen MR) is 181 cm³/mol. The molecule has 2 rings (SSSR count). The Balaban J connectivity index is 0.00000968. The Labute approximate surface area is 271 Å². The van der Waals surface area contributed by atoms with Crippen LogP contribution in [-0.4, -0.2) is 34.8 Å². The van der Waals surface area contributed by atoms with Crippen LogP contribution < -0.4 is 11.5 Å². The lowest BCUT2D eigenvalue weighted by Gasteiger charge is -2.33. The molecule has 246 valence electrons. The van der Waals surface area contributed by atoms with E-state index in [0.717, 1.165) is 30.4 Å². The Kier molecular flexibility index (Phi) is 21.7. The van der Waals surface area contributed by atoms with Crippen molar-refractivity contribution in [2.45, 2.75) is 135 Å². The summed E-state index contributed by atoms with van der Waals surface area (Å²) >= 11 is 0. The molecule has 0 aliphatic rings. The summed E-state index contributed by atoms with van der Waals surface area (Å²) in [5, 5.41) is 0. The van der Waals surface area contributed by atoms with Gasteiger partial charge in [-0.05, 0) is 30.4 Å². The Morgan fingerprint density at radius 1 is 0.727 bits per heavy atom. The molecule has 0 saturated heterocycles. The van der Waals surface area contributed by atoms with Crippen LogP contribution in [-0.2, 0) is 32.3 Å². The fourth-order valence-corrected chi connectivity index (χ4v) is 5.42. The van der Waals surface area contributed by atoms with Gasteiger partial charge < -0.3 is 21.1 Å². The van der Waals surface area contributed by atoms with Crippen LogP contribution in [0.15, 0.2) is 60.7 Å². The number of rotatable bonds is 24. The minimum Gasteiger partial charge on any atom is -0.461 e. The maximum Gasteiger partial charge on any atom is 0.306 e. The molecule has 0 heterocycles. The normalized spacial score (nSPS) is 12.1. The zero-order valence-corrected chi connectivity index (χ0v) is 27.6. The van der Waals surface area contributed by atoms with Crippen molar-refractivity contribution < 1.29 is 19.1 Å². The van der Waals surface area contributed by atoms with Gasteiger partial charge in [0.1, 0.15) is 6.61 Å². The van der Waals surface area contributed by atoms with Gasteiger partial charge in [-0.3, -0.25) is 14.4 Å². The van der Waals surface area contributed by atoms with Gasteiger partial charge in [0.25, 0.3) is 0 Å². The van der Waals surface area contributed by atoms with Crippen LogP contribution in [0.2, 0.25) is 0 Å². The Morgan fingerprint density at radius 3 is 1.80 bits per heavy atom. The zero-order chi connectivity index (χ0) is 31.1. The fraction of sp³-hybridized carbons (Fsp3) is 0.583. The van der Waals surface area contributed by atoms with Gasteiger partial charge in [0, 0.05) is 25.4 Å². The topological polar surface area (TPSA) is 116 Å². The van der Waals surface area contributed by atoms with Gasteiger partial charge in [-0.25, -0.2) is 0 Å². The molecule has 0 spiro atoms. The van der Waals surface area contributed by atoms with E-state index < -0.39 is 11.9 Å². The van der Waals surface area contributed by atoms with Crippen molar-refractivity contribution >= 4 is 30.2 Å². The van der Waals surface area contributed by atoms with Crippen LogP contribution in [0, 0.1) is 0 Å². The summed E-state index contributed by atoms with van der Waals surface area (Å²) in [5.74, 6) is -0.947. The molecule has 44 heavy (non-hydrogen) atoms. The summed E-state index contributed by atoms with van der Waals surface area (Å²) in [6.07, 6.45) is 15.4. The van der Waals surface area contributed by atoms with E-state index in [2.05, 4.69) is 6.92 Å². The van der Waals surface area contributed by atoms with E-state index >= 15 is 0 Å². The number of primary amides is 1. The highest BCUT2D eigenvalue weighted by Gasteiger charge is 2.29.